The van der Waals surface area contributed by atoms with Crippen LogP contribution < -0.4 is 10.1 Å². The van der Waals surface area contributed by atoms with E-state index in [0.29, 0.717) is 18.1 Å². The Hall–Kier alpha value is -1.66. The lowest BCUT2D eigenvalue weighted by Gasteiger charge is -2.26. The van der Waals surface area contributed by atoms with Gasteiger partial charge >= 0.3 is 0 Å². The lowest BCUT2D eigenvalue weighted by molar-refractivity contribution is 0.237. The smallest absolute Gasteiger partial charge is 0.121 e. The van der Waals surface area contributed by atoms with Crippen molar-refractivity contribution in [3.8, 4) is 5.75 Å². The lowest BCUT2D eigenvalue weighted by Crippen LogP contribution is -2.39. The molecule has 0 spiro atoms. The van der Waals surface area contributed by atoms with E-state index in [1.807, 2.05) is 11.8 Å². The highest BCUT2D eigenvalue weighted by Gasteiger charge is 2.30. The number of likely N-dealkylation sites (tertiary alicyclic amines) is 1. The fourth-order valence-corrected chi connectivity index (χ4v) is 6.19. The van der Waals surface area contributed by atoms with Crippen LogP contribution in [0.15, 0.2) is 23.2 Å². The number of anilines is 1. The van der Waals surface area contributed by atoms with Crippen molar-refractivity contribution < 1.29 is 4.74 Å². The maximum atomic E-state index is 5.57. The summed E-state index contributed by atoms with van der Waals surface area (Å²) in [6, 6.07) is 7.99. The molecule has 3 aliphatic rings. The molecule has 2 aromatic rings. The number of nitrogens with zero attached hydrogens (tertiary/aromatic N) is 2. The summed E-state index contributed by atoms with van der Waals surface area (Å²) in [6.45, 7) is 4.81. The van der Waals surface area contributed by atoms with E-state index in [-0.39, 0.29) is 0 Å². The Bertz CT molecular complexity index is 896. The van der Waals surface area contributed by atoms with Gasteiger partial charge in [0, 0.05) is 29.3 Å². The Labute approximate surface area is 177 Å². The Morgan fingerprint density at radius 2 is 1.97 bits per heavy atom. The first-order valence-electron chi connectivity index (χ1n) is 11.1. The van der Waals surface area contributed by atoms with Crippen LogP contribution in [0.5, 0.6) is 5.75 Å². The molecule has 5 rings (SSSR count). The number of aromatic amines is 1. The second kappa shape index (κ2) is 8.23. The van der Waals surface area contributed by atoms with Crippen molar-refractivity contribution in [3.63, 3.8) is 0 Å². The molecule has 2 aliphatic heterocycles. The van der Waals surface area contributed by atoms with Crippen molar-refractivity contribution in [1.82, 2.24) is 9.88 Å². The van der Waals surface area contributed by atoms with Gasteiger partial charge in [-0.3, -0.25) is 9.89 Å². The van der Waals surface area contributed by atoms with E-state index < -0.39 is 0 Å². The van der Waals surface area contributed by atoms with Crippen LogP contribution in [0.3, 0.4) is 0 Å². The maximum Gasteiger partial charge on any atom is 0.121 e. The molecule has 1 saturated heterocycles. The number of thioether (sulfide) groups is 1. The normalized spacial score (nSPS) is 24.3. The minimum atomic E-state index is 0.394. The molecule has 0 amide bonds. The first-order valence-corrected chi connectivity index (χ1v) is 12.1. The molecule has 1 aromatic carbocycles. The monoisotopic (exact) mass is 412 g/mol. The minimum absolute atomic E-state index is 0.394. The fraction of sp³-hybridized carbons (Fsp3) is 0.609. The first-order chi connectivity index (χ1) is 14.2. The summed E-state index contributed by atoms with van der Waals surface area (Å²) >= 11 is 1.90. The Morgan fingerprint density at radius 3 is 2.72 bits per heavy atom. The maximum absolute atomic E-state index is 5.57. The number of rotatable bonds is 6. The molecule has 1 aromatic heterocycles. The molecule has 0 bridgehead atoms. The Kier molecular flexibility index (Phi) is 5.48. The number of aliphatic imine (C=N–C) groups is 1. The zero-order valence-corrected chi connectivity index (χ0v) is 18.4. The van der Waals surface area contributed by atoms with Crippen molar-refractivity contribution in [2.24, 2.45) is 4.99 Å². The Balaban J connectivity index is 1.42. The minimum Gasteiger partial charge on any atom is -0.497 e. The van der Waals surface area contributed by atoms with Crippen LogP contribution in [0.4, 0.5) is 5.69 Å². The number of methoxy groups -OCH3 is 1. The van der Waals surface area contributed by atoms with Crippen molar-refractivity contribution in [3.05, 3.63) is 23.9 Å². The lowest BCUT2D eigenvalue weighted by atomic mass is 10.1. The highest BCUT2D eigenvalue weighted by Crippen LogP contribution is 2.35. The summed E-state index contributed by atoms with van der Waals surface area (Å²) in [4.78, 5) is 11.4. The van der Waals surface area contributed by atoms with E-state index >= 15 is 0 Å². The van der Waals surface area contributed by atoms with Crippen molar-refractivity contribution in [2.45, 2.75) is 63.6 Å². The molecule has 6 heteroatoms. The number of hydrogen-bond donors (Lipinski definition) is 2. The molecular formula is C23H32N4OS. The number of ether oxygens (including phenoxy) is 1. The summed E-state index contributed by atoms with van der Waals surface area (Å²) in [6.07, 6.45) is 7.83. The zero-order valence-electron chi connectivity index (χ0n) is 17.5. The van der Waals surface area contributed by atoms with Gasteiger partial charge in [0.25, 0.3) is 0 Å². The third kappa shape index (κ3) is 3.89. The van der Waals surface area contributed by atoms with Gasteiger partial charge in [-0.05, 0) is 57.8 Å². The van der Waals surface area contributed by atoms with Crippen LogP contribution in [-0.4, -0.2) is 59.0 Å². The van der Waals surface area contributed by atoms with Crippen LogP contribution >= 0.6 is 11.8 Å². The van der Waals surface area contributed by atoms with Crippen LogP contribution in [-0.2, 0) is 0 Å². The van der Waals surface area contributed by atoms with Gasteiger partial charge in [0.05, 0.1) is 30.0 Å². The second-order valence-electron chi connectivity index (χ2n) is 8.74. The largest absolute Gasteiger partial charge is 0.497 e. The number of nitrogens with one attached hydrogen (secondary N) is 2. The molecule has 3 heterocycles. The third-order valence-corrected chi connectivity index (χ3v) is 7.94. The summed E-state index contributed by atoms with van der Waals surface area (Å²) in [7, 11) is 1.75. The molecule has 156 valence electrons. The fourth-order valence-electron chi connectivity index (χ4n) is 5.03. The molecule has 1 saturated carbocycles. The molecule has 2 atom stereocenters. The van der Waals surface area contributed by atoms with Gasteiger partial charge in [-0.15, -0.1) is 11.8 Å². The van der Waals surface area contributed by atoms with E-state index in [9.17, 15) is 0 Å². The third-order valence-electron chi connectivity index (χ3n) is 6.83. The highest BCUT2D eigenvalue weighted by atomic mass is 32.2. The number of hydrogen-bond acceptors (Lipinski definition) is 5. The van der Waals surface area contributed by atoms with Gasteiger partial charge in [-0.25, -0.2) is 0 Å². The summed E-state index contributed by atoms with van der Waals surface area (Å²) < 4.78 is 5.57. The summed E-state index contributed by atoms with van der Waals surface area (Å²) in [5.74, 6) is 1.99. The summed E-state index contributed by atoms with van der Waals surface area (Å²) in [5, 5.41) is 6.11. The van der Waals surface area contributed by atoms with Crippen LogP contribution in [0.25, 0.3) is 10.9 Å². The number of H-pyrrole nitrogens is 1. The predicted molar refractivity (Wildman–Crippen MR) is 124 cm³/mol. The highest BCUT2D eigenvalue weighted by molar-refractivity contribution is 8.14. The molecular weight excluding hydrogens is 380 g/mol. The first kappa shape index (κ1) is 19.3. The molecule has 29 heavy (non-hydrogen) atoms. The van der Waals surface area contributed by atoms with Gasteiger partial charge in [0.15, 0.2) is 0 Å². The van der Waals surface area contributed by atoms with E-state index in [1.54, 1.807) is 7.11 Å². The summed E-state index contributed by atoms with van der Waals surface area (Å²) in [5.41, 5.74) is 3.47. The zero-order chi connectivity index (χ0) is 19.8. The predicted octanol–water partition coefficient (Wildman–Crippen LogP) is 4.88. The number of benzene rings is 1. The SMILES string of the molecule is COc1cc(NC2CCCC2)c2[nH]c(C3=N[C@@H](C(C)N4CCCC4)CS3)cc2c1. The van der Waals surface area contributed by atoms with E-state index in [4.69, 9.17) is 9.73 Å². The van der Waals surface area contributed by atoms with Crippen LogP contribution in [0.2, 0.25) is 0 Å². The topological polar surface area (TPSA) is 52.6 Å². The molecule has 5 nitrogen and oxygen atoms in total. The van der Waals surface area contributed by atoms with Gasteiger partial charge in [-0.1, -0.05) is 12.8 Å². The van der Waals surface area contributed by atoms with Gasteiger partial charge in [0.1, 0.15) is 10.8 Å². The van der Waals surface area contributed by atoms with E-state index in [1.165, 1.54) is 62.5 Å². The van der Waals surface area contributed by atoms with Crippen molar-refractivity contribution in [1.29, 1.82) is 0 Å². The molecule has 1 aliphatic carbocycles. The van der Waals surface area contributed by atoms with Gasteiger partial charge in [-0.2, -0.15) is 0 Å². The quantitative estimate of drug-likeness (QED) is 0.710. The Morgan fingerprint density at radius 1 is 1.17 bits per heavy atom. The van der Waals surface area contributed by atoms with E-state index in [2.05, 4.69) is 40.3 Å². The van der Waals surface area contributed by atoms with Crippen molar-refractivity contribution in [2.75, 3.05) is 31.3 Å². The van der Waals surface area contributed by atoms with Gasteiger partial charge in [0.2, 0.25) is 0 Å². The molecule has 2 N–H and O–H groups in total. The molecule has 2 fully saturated rings. The van der Waals surface area contributed by atoms with Crippen molar-refractivity contribution >= 4 is 33.4 Å². The standard InChI is InChI=1S/C23H32N4OS/c1-15(27-9-5-6-10-27)21-14-29-23(26-21)20-12-16-11-18(28-2)13-19(22(16)25-20)24-17-7-3-4-8-17/h11-13,15,17,21,24-25H,3-10,14H2,1-2H3/t15?,21-/m1/s1. The molecule has 1 unspecified atom stereocenters. The average molecular weight is 413 g/mol. The van der Waals surface area contributed by atoms with Crippen LogP contribution in [0, 0.1) is 0 Å². The second-order valence-corrected chi connectivity index (χ2v) is 9.75. The van der Waals surface area contributed by atoms with E-state index in [0.717, 1.165) is 27.9 Å². The molecule has 0 radical (unpaired) electrons. The number of aromatic nitrogens is 1. The average Bonchev–Trinajstić information content (AvgIpc) is 3.53. The van der Waals surface area contributed by atoms with Crippen LogP contribution in [0.1, 0.15) is 51.1 Å². The van der Waals surface area contributed by atoms with Gasteiger partial charge < -0.3 is 15.0 Å². The number of fused-ring (bicyclic) bond motifs is 1.